The molecule has 0 spiro atoms. The van der Waals surface area contributed by atoms with Crippen molar-refractivity contribution in [2.45, 2.75) is 6.18 Å². The highest BCUT2D eigenvalue weighted by Crippen LogP contribution is 2.37. The van der Waals surface area contributed by atoms with Crippen molar-refractivity contribution < 1.29 is 27.3 Å². The van der Waals surface area contributed by atoms with E-state index in [1.807, 2.05) is 0 Å². The van der Waals surface area contributed by atoms with Gasteiger partial charge in [-0.05, 0) is 36.4 Å². The second-order valence-corrected chi connectivity index (χ2v) is 6.55. The van der Waals surface area contributed by atoms with Crippen LogP contribution in [0.2, 0.25) is 10.0 Å². The molecule has 0 radical (unpaired) electrons. The van der Waals surface area contributed by atoms with E-state index in [1.165, 1.54) is 24.3 Å². The van der Waals surface area contributed by atoms with E-state index in [4.69, 9.17) is 27.6 Å². The number of furan rings is 1. The summed E-state index contributed by atoms with van der Waals surface area (Å²) in [7, 11) is 0. The minimum Gasteiger partial charge on any atom is -0.451 e. The van der Waals surface area contributed by atoms with Gasteiger partial charge in [-0.1, -0.05) is 23.2 Å². The number of anilines is 1. The molecule has 0 bridgehead atoms. The summed E-state index contributed by atoms with van der Waals surface area (Å²) in [6.07, 6.45) is -4.65. The van der Waals surface area contributed by atoms with Crippen molar-refractivity contribution >= 4 is 40.5 Å². The second kappa shape index (κ2) is 7.76. The molecule has 150 valence electrons. The Kier molecular flexibility index (Phi) is 5.54. The zero-order valence-corrected chi connectivity index (χ0v) is 15.6. The molecule has 29 heavy (non-hydrogen) atoms. The molecule has 1 heterocycles. The average Bonchev–Trinajstić information content (AvgIpc) is 3.13. The fraction of sp³-hybridized carbons (Fsp3) is 0.0556. The minimum atomic E-state index is -4.65. The van der Waals surface area contributed by atoms with Crippen LogP contribution in [-0.2, 0) is 6.18 Å². The van der Waals surface area contributed by atoms with Gasteiger partial charge in [-0.3, -0.25) is 14.9 Å². The third-order valence-corrected chi connectivity index (χ3v) is 4.44. The summed E-state index contributed by atoms with van der Waals surface area (Å²) >= 11 is 11.5. The first-order valence-corrected chi connectivity index (χ1v) is 8.54. The van der Waals surface area contributed by atoms with Crippen molar-refractivity contribution in [3.8, 4) is 11.3 Å². The number of hydrogen-bond acceptors (Lipinski definition) is 4. The standard InChI is InChI=1S/C18H9Cl2F3N2O4/c19-12-3-1-9(7-11(12)18(21,22)23)15-5-6-16(29-15)17(26)24-14-4-2-10(25(27)28)8-13(14)20/h1-8H,(H,24,26). The molecule has 0 aliphatic carbocycles. The number of halogens is 5. The van der Waals surface area contributed by atoms with Crippen LogP contribution in [0.5, 0.6) is 0 Å². The van der Waals surface area contributed by atoms with Crippen LogP contribution in [-0.4, -0.2) is 10.8 Å². The normalized spacial score (nSPS) is 11.3. The van der Waals surface area contributed by atoms with Gasteiger partial charge in [0.1, 0.15) is 5.76 Å². The van der Waals surface area contributed by atoms with Crippen LogP contribution in [0.4, 0.5) is 24.5 Å². The number of nitrogens with one attached hydrogen (secondary N) is 1. The lowest BCUT2D eigenvalue weighted by molar-refractivity contribution is -0.384. The molecular weight excluding hydrogens is 436 g/mol. The number of alkyl halides is 3. The summed E-state index contributed by atoms with van der Waals surface area (Å²) in [4.78, 5) is 22.4. The molecular formula is C18H9Cl2F3N2O4. The molecule has 0 unspecified atom stereocenters. The molecule has 0 saturated heterocycles. The first kappa shape index (κ1) is 20.7. The fourth-order valence-electron chi connectivity index (χ4n) is 2.41. The molecule has 1 amide bonds. The Hall–Kier alpha value is -3.04. The maximum atomic E-state index is 13.0. The van der Waals surface area contributed by atoms with E-state index in [1.54, 1.807) is 0 Å². The molecule has 6 nitrogen and oxygen atoms in total. The Bertz CT molecular complexity index is 1110. The SMILES string of the molecule is O=C(Nc1ccc([N+](=O)[O-])cc1Cl)c1ccc(-c2ccc(Cl)c(C(F)(F)F)c2)o1. The van der Waals surface area contributed by atoms with Crippen LogP contribution in [0.15, 0.2) is 52.9 Å². The number of non-ortho nitro benzene ring substituents is 1. The third kappa shape index (κ3) is 4.52. The molecule has 0 aliphatic heterocycles. The van der Waals surface area contributed by atoms with Crippen molar-refractivity contribution in [2.24, 2.45) is 0 Å². The predicted molar refractivity (Wildman–Crippen MR) is 100 cm³/mol. The van der Waals surface area contributed by atoms with Crippen LogP contribution < -0.4 is 5.32 Å². The lowest BCUT2D eigenvalue weighted by Crippen LogP contribution is -2.11. The lowest BCUT2D eigenvalue weighted by atomic mass is 10.1. The van der Waals surface area contributed by atoms with Gasteiger partial charge in [-0.25, -0.2) is 0 Å². The Morgan fingerprint density at radius 1 is 1.03 bits per heavy atom. The second-order valence-electron chi connectivity index (χ2n) is 5.73. The van der Waals surface area contributed by atoms with Gasteiger partial charge in [0.05, 0.1) is 26.2 Å². The number of nitro groups is 1. The highest BCUT2D eigenvalue weighted by atomic mass is 35.5. The van der Waals surface area contributed by atoms with Crippen LogP contribution in [0.3, 0.4) is 0 Å². The maximum Gasteiger partial charge on any atom is 0.417 e. The van der Waals surface area contributed by atoms with Gasteiger partial charge in [-0.2, -0.15) is 13.2 Å². The monoisotopic (exact) mass is 444 g/mol. The van der Waals surface area contributed by atoms with Gasteiger partial charge in [0.25, 0.3) is 11.6 Å². The first-order valence-electron chi connectivity index (χ1n) is 7.78. The number of rotatable bonds is 4. The van der Waals surface area contributed by atoms with E-state index in [2.05, 4.69) is 5.32 Å². The number of nitro benzene ring substituents is 1. The van der Waals surface area contributed by atoms with Gasteiger partial charge in [0.2, 0.25) is 0 Å². The highest BCUT2D eigenvalue weighted by molar-refractivity contribution is 6.34. The number of nitrogens with zero attached hydrogens (tertiary/aromatic N) is 1. The largest absolute Gasteiger partial charge is 0.451 e. The van der Waals surface area contributed by atoms with E-state index < -0.39 is 27.6 Å². The molecule has 3 aromatic rings. The summed E-state index contributed by atoms with van der Waals surface area (Å²) in [5, 5.41) is 12.6. The van der Waals surface area contributed by atoms with Crippen LogP contribution in [0.1, 0.15) is 16.1 Å². The van der Waals surface area contributed by atoms with Crippen molar-refractivity contribution in [3.05, 3.63) is 80.0 Å². The van der Waals surface area contributed by atoms with E-state index in [9.17, 15) is 28.1 Å². The van der Waals surface area contributed by atoms with Crippen LogP contribution in [0, 0.1) is 10.1 Å². The van der Waals surface area contributed by atoms with Gasteiger partial charge in [0, 0.05) is 17.7 Å². The maximum absolute atomic E-state index is 13.0. The summed E-state index contributed by atoms with van der Waals surface area (Å²) in [6.45, 7) is 0. The molecule has 0 fully saturated rings. The summed E-state index contributed by atoms with van der Waals surface area (Å²) in [6, 6.07) is 9.29. The molecule has 0 saturated carbocycles. The Morgan fingerprint density at radius 2 is 1.76 bits per heavy atom. The summed E-state index contributed by atoms with van der Waals surface area (Å²) < 4.78 is 44.3. The number of benzene rings is 2. The predicted octanol–water partition coefficient (Wildman–Crippen LogP) is 6.43. The van der Waals surface area contributed by atoms with Gasteiger partial charge >= 0.3 is 6.18 Å². The summed E-state index contributed by atoms with van der Waals surface area (Å²) in [5.41, 5.74) is -1.10. The fourth-order valence-corrected chi connectivity index (χ4v) is 2.86. The van der Waals surface area contributed by atoms with Gasteiger partial charge in [-0.15, -0.1) is 0 Å². The molecule has 0 aliphatic rings. The Labute approximate surface area is 171 Å². The quantitative estimate of drug-likeness (QED) is 0.370. The zero-order valence-electron chi connectivity index (χ0n) is 14.1. The molecule has 11 heteroatoms. The van der Waals surface area contributed by atoms with Gasteiger partial charge in [0.15, 0.2) is 5.76 Å². The van der Waals surface area contributed by atoms with E-state index >= 15 is 0 Å². The van der Waals surface area contributed by atoms with Crippen molar-refractivity contribution in [1.82, 2.24) is 0 Å². The van der Waals surface area contributed by atoms with E-state index in [0.717, 1.165) is 24.3 Å². The topological polar surface area (TPSA) is 85.4 Å². The zero-order chi connectivity index (χ0) is 21.3. The molecule has 1 aromatic heterocycles. The minimum absolute atomic E-state index is 0.0205. The third-order valence-electron chi connectivity index (χ3n) is 3.80. The molecule has 1 N–H and O–H groups in total. The number of hydrogen-bond donors (Lipinski definition) is 1. The first-order chi connectivity index (χ1) is 13.6. The van der Waals surface area contributed by atoms with Crippen LogP contribution in [0.25, 0.3) is 11.3 Å². The van der Waals surface area contributed by atoms with Crippen molar-refractivity contribution in [1.29, 1.82) is 0 Å². The Balaban J connectivity index is 1.83. The van der Waals surface area contributed by atoms with Crippen LogP contribution >= 0.6 is 23.2 Å². The molecule has 3 rings (SSSR count). The smallest absolute Gasteiger partial charge is 0.417 e. The molecule has 0 atom stereocenters. The Morgan fingerprint density at radius 3 is 2.38 bits per heavy atom. The number of carbonyl (C=O) groups excluding carboxylic acids is 1. The van der Waals surface area contributed by atoms with Crippen molar-refractivity contribution in [3.63, 3.8) is 0 Å². The summed E-state index contributed by atoms with van der Waals surface area (Å²) in [5.74, 6) is -0.915. The number of amides is 1. The van der Waals surface area contributed by atoms with Crippen molar-refractivity contribution in [2.75, 3.05) is 5.32 Å². The van der Waals surface area contributed by atoms with Gasteiger partial charge < -0.3 is 9.73 Å². The van der Waals surface area contributed by atoms with E-state index in [-0.39, 0.29) is 33.5 Å². The molecule has 2 aromatic carbocycles. The highest BCUT2D eigenvalue weighted by Gasteiger charge is 2.33. The number of carbonyl (C=O) groups is 1. The lowest BCUT2D eigenvalue weighted by Gasteiger charge is -2.10. The van der Waals surface area contributed by atoms with E-state index in [0.29, 0.717) is 0 Å². The average molecular weight is 445 g/mol.